The van der Waals surface area contributed by atoms with Crippen LogP contribution in [0.2, 0.25) is 0 Å². The maximum Gasteiger partial charge on any atom is 0.253 e. The molecule has 0 bridgehead atoms. The zero-order valence-electron chi connectivity index (χ0n) is 20.3. The highest BCUT2D eigenvalue weighted by atomic mass is 16.5. The second-order valence-corrected chi connectivity index (χ2v) is 9.04. The Bertz CT molecular complexity index is 1350. The molecular formula is C27H31N5O3. The summed E-state index contributed by atoms with van der Waals surface area (Å²) in [6.07, 6.45) is 0. The van der Waals surface area contributed by atoms with E-state index < -0.39 is 0 Å². The fraction of sp³-hybridized carbons (Fsp3) is 0.370. The molecule has 5 rings (SSSR count). The lowest BCUT2D eigenvalue weighted by Gasteiger charge is -2.26. The fourth-order valence-corrected chi connectivity index (χ4v) is 4.40. The average molecular weight is 474 g/mol. The molecule has 1 N–H and O–H groups in total. The number of fused-ring (bicyclic) bond motifs is 4. The molecule has 8 heteroatoms. The van der Waals surface area contributed by atoms with Crippen LogP contribution in [0.25, 0.3) is 32.8 Å². The Morgan fingerprint density at radius 1 is 1.00 bits per heavy atom. The molecule has 0 atom stereocenters. The Balaban J connectivity index is 1.46. The topological polar surface area (TPSA) is 79.8 Å². The van der Waals surface area contributed by atoms with Crippen molar-refractivity contribution in [3.63, 3.8) is 0 Å². The van der Waals surface area contributed by atoms with Gasteiger partial charge in [0.15, 0.2) is 0 Å². The average Bonchev–Trinajstić information content (AvgIpc) is 2.87. The summed E-state index contributed by atoms with van der Waals surface area (Å²) in [7, 11) is 3.96. The van der Waals surface area contributed by atoms with E-state index in [-0.39, 0.29) is 5.91 Å². The SMILES string of the molecule is CN(C)CCNC(=O)c1cccc2nc3ccc4c(OCCN5CCOCC5)cccc4c3nc12. The summed E-state index contributed by atoms with van der Waals surface area (Å²) >= 11 is 0. The molecule has 0 unspecified atom stereocenters. The van der Waals surface area contributed by atoms with Gasteiger partial charge in [-0.1, -0.05) is 18.2 Å². The molecule has 1 amide bonds. The second-order valence-electron chi connectivity index (χ2n) is 9.04. The van der Waals surface area contributed by atoms with E-state index in [1.807, 2.05) is 61.5 Å². The molecule has 1 aliphatic rings. The maximum atomic E-state index is 12.9. The first-order valence-electron chi connectivity index (χ1n) is 12.1. The largest absolute Gasteiger partial charge is 0.492 e. The number of amides is 1. The van der Waals surface area contributed by atoms with Crippen molar-refractivity contribution in [2.75, 3.05) is 66.6 Å². The first-order valence-corrected chi connectivity index (χ1v) is 12.1. The molecule has 0 radical (unpaired) electrons. The summed E-state index contributed by atoms with van der Waals surface area (Å²) in [5.41, 5.74) is 3.40. The summed E-state index contributed by atoms with van der Waals surface area (Å²) in [6.45, 7) is 6.25. The summed E-state index contributed by atoms with van der Waals surface area (Å²) in [5, 5.41) is 4.94. The lowest BCUT2D eigenvalue weighted by Crippen LogP contribution is -2.38. The van der Waals surface area contributed by atoms with Crippen molar-refractivity contribution in [3.8, 4) is 5.75 Å². The number of rotatable bonds is 8. The quantitative estimate of drug-likeness (QED) is 0.311. The fourth-order valence-electron chi connectivity index (χ4n) is 4.40. The third kappa shape index (κ3) is 5.19. The number of aromatic nitrogens is 2. The Kier molecular flexibility index (Phi) is 7.03. The molecule has 1 aromatic heterocycles. The van der Waals surface area contributed by atoms with Crippen LogP contribution in [0.4, 0.5) is 0 Å². The molecule has 3 aromatic carbocycles. The second kappa shape index (κ2) is 10.5. The van der Waals surface area contributed by atoms with Crippen LogP contribution in [0, 0.1) is 0 Å². The highest BCUT2D eigenvalue weighted by molar-refractivity contribution is 6.11. The molecule has 1 fully saturated rings. The number of hydrogen-bond donors (Lipinski definition) is 1. The van der Waals surface area contributed by atoms with E-state index in [2.05, 4.69) is 10.2 Å². The number of carbonyl (C=O) groups is 1. The van der Waals surface area contributed by atoms with Gasteiger partial charge in [-0.25, -0.2) is 9.97 Å². The number of nitrogens with zero attached hydrogens (tertiary/aromatic N) is 4. The van der Waals surface area contributed by atoms with E-state index in [4.69, 9.17) is 19.4 Å². The van der Waals surface area contributed by atoms with Gasteiger partial charge < -0.3 is 19.7 Å². The van der Waals surface area contributed by atoms with Gasteiger partial charge in [0.1, 0.15) is 17.9 Å². The molecule has 0 saturated carbocycles. The summed E-state index contributed by atoms with van der Waals surface area (Å²) < 4.78 is 11.6. The molecule has 1 aliphatic heterocycles. The van der Waals surface area contributed by atoms with Crippen molar-refractivity contribution < 1.29 is 14.3 Å². The van der Waals surface area contributed by atoms with Crippen LogP contribution >= 0.6 is 0 Å². The zero-order chi connectivity index (χ0) is 24.2. The van der Waals surface area contributed by atoms with Crippen LogP contribution in [0.1, 0.15) is 10.4 Å². The molecule has 0 aliphatic carbocycles. The molecule has 8 nitrogen and oxygen atoms in total. The summed E-state index contributed by atoms with van der Waals surface area (Å²) in [5.74, 6) is 0.688. The van der Waals surface area contributed by atoms with Crippen molar-refractivity contribution in [2.24, 2.45) is 0 Å². The summed E-state index contributed by atoms with van der Waals surface area (Å²) in [4.78, 5) is 27.1. The zero-order valence-corrected chi connectivity index (χ0v) is 20.3. The Morgan fingerprint density at radius 3 is 2.63 bits per heavy atom. The molecule has 182 valence electrons. The Morgan fingerprint density at radius 2 is 1.80 bits per heavy atom. The van der Waals surface area contributed by atoms with Crippen molar-refractivity contribution in [3.05, 3.63) is 54.1 Å². The molecule has 1 saturated heterocycles. The van der Waals surface area contributed by atoms with Gasteiger partial charge in [0, 0.05) is 43.5 Å². The predicted octanol–water partition coefficient (Wildman–Crippen LogP) is 2.94. The highest BCUT2D eigenvalue weighted by Gasteiger charge is 2.15. The predicted molar refractivity (Wildman–Crippen MR) is 138 cm³/mol. The van der Waals surface area contributed by atoms with Crippen LogP contribution in [-0.2, 0) is 4.74 Å². The van der Waals surface area contributed by atoms with E-state index in [1.165, 1.54) is 0 Å². The minimum absolute atomic E-state index is 0.140. The Labute approximate surface area is 204 Å². The first kappa shape index (κ1) is 23.4. The van der Waals surface area contributed by atoms with E-state index in [0.29, 0.717) is 29.7 Å². The van der Waals surface area contributed by atoms with Crippen LogP contribution in [0.15, 0.2) is 48.5 Å². The summed E-state index contributed by atoms with van der Waals surface area (Å²) in [6, 6.07) is 15.6. The standard InChI is InChI=1S/C27H31N5O3/c1-31(2)12-11-28-27(33)21-6-3-7-22-26(21)30-25-20-5-4-8-24(19(20)9-10-23(25)29-22)35-18-15-32-13-16-34-17-14-32/h3-10H,11-18H2,1-2H3,(H,28,33). The van der Waals surface area contributed by atoms with Crippen molar-refractivity contribution >= 4 is 38.7 Å². The van der Waals surface area contributed by atoms with Gasteiger partial charge in [-0.05, 0) is 44.4 Å². The molecule has 4 aromatic rings. The van der Waals surface area contributed by atoms with E-state index in [1.54, 1.807) is 6.07 Å². The number of morpholine rings is 1. The number of carbonyl (C=O) groups excluding carboxylic acids is 1. The number of hydrogen-bond acceptors (Lipinski definition) is 7. The number of ether oxygens (including phenoxy) is 2. The van der Waals surface area contributed by atoms with Crippen molar-refractivity contribution in [1.29, 1.82) is 0 Å². The van der Waals surface area contributed by atoms with Crippen LogP contribution < -0.4 is 10.1 Å². The van der Waals surface area contributed by atoms with Gasteiger partial charge in [0.25, 0.3) is 5.91 Å². The number of nitrogens with one attached hydrogen (secondary N) is 1. The monoisotopic (exact) mass is 473 g/mol. The molecule has 35 heavy (non-hydrogen) atoms. The molecule has 2 heterocycles. The Hall–Kier alpha value is -3.33. The van der Waals surface area contributed by atoms with Crippen molar-refractivity contribution in [1.82, 2.24) is 25.1 Å². The number of para-hydroxylation sites is 1. The smallest absolute Gasteiger partial charge is 0.253 e. The van der Waals surface area contributed by atoms with Gasteiger partial charge in [0.2, 0.25) is 0 Å². The van der Waals surface area contributed by atoms with Crippen molar-refractivity contribution in [2.45, 2.75) is 0 Å². The number of benzene rings is 3. The van der Waals surface area contributed by atoms with E-state index >= 15 is 0 Å². The first-order chi connectivity index (χ1) is 17.1. The van der Waals surface area contributed by atoms with E-state index in [0.717, 1.165) is 66.9 Å². The minimum Gasteiger partial charge on any atom is -0.492 e. The van der Waals surface area contributed by atoms with Gasteiger partial charge in [-0.2, -0.15) is 0 Å². The number of likely N-dealkylation sites (N-methyl/N-ethyl adjacent to an activating group) is 1. The van der Waals surface area contributed by atoms with Crippen LogP contribution in [-0.4, -0.2) is 92.3 Å². The lowest BCUT2D eigenvalue weighted by atomic mass is 10.1. The van der Waals surface area contributed by atoms with Crippen LogP contribution in [0.5, 0.6) is 5.75 Å². The van der Waals surface area contributed by atoms with Gasteiger partial charge in [0.05, 0.1) is 35.3 Å². The third-order valence-electron chi connectivity index (χ3n) is 6.31. The van der Waals surface area contributed by atoms with Gasteiger partial charge in [-0.3, -0.25) is 9.69 Å². The minimum atomic E-state index is -0.140. The normalized spacial score (nSPS) is 14.7. The van der Waals surface area contributed by atoms with Gasteiger partial charge in [-0.15, -0.1) is 0 Å². The molecule has 0 spiro atoms. The third-order valence-corrected chi connectivity index (χ3v) is 6.31. The molecular weight excluding hydrogens is 442 g/mol. The lowest BCUT2D eigenvalue weighted by molar-refractivity contribution is 0.0323. The van der Waals surface area contributed by atoms with Gasteiger partial charge >= 0.3 is 0 Å². The maximum absolute atomic E-state index is 12.9. The van der Waals surface area contributed by atoms with Crippen LogP contribution in [0.3, 0.4) is 0 Å². The van der Waals surface area contributed by atoms with E-state index in [9.17, 15) is 4.79 Å². The highest BCUT2D eigenvalue weighted by Crippen LogP contribution is 2.31.